The molecular weight excluding hydrogens is 188 g/mol. The van der Waals surface area contributed by atoms with E-state index in [4.69, 9.17) is 4.74 Å². The maximum atomic E-state index is 5.70. The van der Waals surface area contributed by atoms with E-state index in [1.54, 1.807) is 0 Å². The molecule has 0 aromatic rings. The molecule has 0 radical (unpaired) electrons. The first-order valence-corrected chi connectivity index (χ1v) is 6.54. The summed E-state index contributed by atoms with van der Waals surface area (Å²) < 4.78 is 5.70. The molecule has 2 N–H and O–H groups in total. The third kappa shape index (κ3) is 3.44. The zero-order chi connectivity index (χ0) is 10.5. The molecule has 3 heteroatoms. The van der Waals surface area contributed by atoms with Gasteiger partial charge in [-0.3, -0.25) is 4.90 Å². The Balaban J connectivity index is 1.72. The van der Waals surface area contributed by atoms with Gasteiger partial charge in [0.25, 0.3) is 0 Å². The number of morpholine rings is 1. The highest BCUT2D eigenvalue weighted by Crippen LogP contribution is 2.14. The van der Waals surface area contributed by atoms with Crippen molar-refractivity contribution in [3.8, 4) is 0 Å². The van der Waals surface area contributed by atoms with E-state index in [0.29, 0.717) is 6.10 Å². The Kier molecular flexibility index (Phi) is 4.42. The van der Waals surface area contributed by atoms with Gasteiger partial charge < -0.3 is 10.1 Å². The highest BCUT2D eigenvalue weighted by Gasteiger charge is 2.23. The van der Waals surface area contributed by atoms with Crippen molar-refractivity contribution in [3.05, 3.63) is 0 Å². The summed E-state index contributed by atoms with van der Waals surface area (Å²) in [5, 5.41) is 2.45. The molecule has 2 saturated heterocycles. The summed E-state index contributed by atoms with van der Waals surface area (Å²) in [4.78, 5) is 2.62. The highest BCUT2D eigenvalue weighted by atomic mass is 16.5. The van der Waals surface area contributed by atoms with Gasteiger partial charge in [0.15, 0.2) is 0 Å². The highest BCUT2D eigenvalue weighted by molar-refractivity contribution is 4.74. The van der Waals surface area contributed by atoms with Crippen molar-refractivity contribution in [1.29, 1.82) is 0 Å². The van der Waals surface area contributed by atoms with E-state index in [2.05, 4.69) is 17.1 Å². The van der Waals surface area contributed by atoms with Gasteiger partial charge in [0.2, 0.25) is 0 Å². The van der Waals surface area contributed by atoms with Crippen molar-refractivity contribution in [2.24, 2.45) is 5.92 Å². The maximum Gasteiger partial charge on any atom is 0.0758 e. The van der Waals surface area contributed by atoms with Crippen molar-refractivity contribution in [3.63, 3.8) is 0 Å². The summed E-state index contributed by atoms with van der Waals surface area (Å²) >= 11 is 0. The first kappa shape index (κ1) is 11.4. The number of quaternary nitrogens is 1. The van der Waals surface area contributed by atoms with Crippen molar-refractivity contribution in [2.75, 3.05) is 39.3 Å². The lowest BCUT2D eigenvalue weighted by Crippen LogP contribution is -2.86. The molecule has 0 spiro atoms. The van der Waals surface area contributed by atoms with E-state index < -0.39 is 0 Å². The van der Waals surface area contributed by atoms with E-state index in [0.717, 1.165) is 32.0 Å². The molecule has 3 nitrogen and oxygen atoms in total. The molecule has 1 atom stereocenters. The lowest BCUT2D eigenvalue weighted by Gasteiger charge is -2.35. The smallest absolute Gasteiger partial charge is 0.0758 e. The molecule has 15 heavy (non-hydrogen) atoms. The van der Waals surface area contributed by atoms with Crippen LogP contribution in [0.2, 0.25) is 0 Å². The molecule has 88 valence electrons. The van der Waals surface area contributed by atoms with Gasteiger partial charge in [0, 0.05) is 32.5 Å². The minimum atomic E-state index is 0.494. The van der Waals surface area contributed by atoms with Crippen LogP contribution in [0.15, 0.2) is 0 Å². The van der Waals surface area contributed by atoms with Crippen molar-refractivity contribution < 1.29 is 10.1 Å². The predicted molar refractivity (Wildman–Crippen MR) is 60.9 cm³/mol. The van der Waals surface area contributed by atoms with Crippen LogP contribution in [0.5, 0.6) is 0 Å². The van der Waals surface area contributed by atoms with Crippen LogP contribution in [0.25, 0.3) is 0 Å². The third-order valence-electron chi connectivity index (χ3n) is 3.75. The van der Waals surface area contributed by atoms with Gasteiger partial charge >= 0.3 is 0 Å². The number of hydrogen-bond donors (Lipinski definition) is 1. The van der Waals surface area contributed by atoms with E-state index in [9.17, 15) is 0 Å². The van der Waals surface area contributed by atoms with Gasteiger partial charge in [-0.25, -0.2) is 0 Å². The van der Waals surface area contributed by atoms with Crippen LogP contribution < -0.4 is 5.32 Å². The van der Waals surface area contributed by atoms with Gasteiger partial charge in [-0.1, -0.05) is 6.92 Å². The molecule has 0 aliphatic carbocycles. The van der Waals surface area contributed by atoms with Crippen LogP contribution in [0.3, 0.4) is 0 Å². The Labute approximate surface area is 93.2 Å². The second-order valence-electron chi connectivity index (χ2n) is 4.97. The Bertz CT molecular complexity index is 180. The second kappa shape index (κ2) is 5.83. The van der Waals surface area contributed by atoms with Gasteiger partial charge in [-0.15, -0.1) is 0 Å². The van der Waals surface area contributed by atoms with Crippen LogP contribution in [0, 0.1) is 5.92 Å². The van der Waals surface area contributed by atoms with E-state index in [1.165, 1.54) is 32.5 Å². The SMILES string of the molecule is CCC1CN(CC2CC[NH2+]CC2)CCO1. The second-order valence-corrected chi connectivity index (χ2v) is 4.97. The molecule has 2 aliphatic heterocycles. The summed E-state index contributed by atoms with van der Waals surface area (Å²) in [7, 11) is 0. The fourth-order valence-electron chi connectivity index (χ4n) is 2.74. The van der Waals surface area contributed by atoms with Gasteiger partial charge in [-0.05, 0) is 12.3 Å². The van der Waals surface area contributed by atoms with Gasteiger partial charge in [0.05, 0.1) is 25.8 Å². The molecule has 0 bridgehead atoms. The lowest BCUT2D eigenvalue weighted by molar-refractivity contribution is -0.664. The van der Waals surface area contributed by atoms with Crippen LogP contribution in [0.4, 0.5) is 0 Å². The van der Waals surface area contributed by atoms with E-state index in [-0.39, 0.29) is 0 Å². The average molecular weight is 213 g/mol. The first-order valence-electron chi connectivity index (χ1n) is 6.54. The monoisotopic (exact) mass is 213 g/mol. The fraction of sp³-hybridized carbons (Fsp3) is 1.00. The molecule has 0 amide bonds. The lowest BCUT2D eigenvalue weighted by atomic mass is 9.97. The Morgan fingerprint density at radius 3 is 2.87 bits per heavy atom. The topological polar surface area (TPSA) is 29.1 Å². The van der Waals surface area contributed by atoms with Crippen molar-refractivity contribution in [2.45, 2.75) is 32.3 Å². The number of nitrogens with two attached hydrogens (primary N) is 1. The molecule has 0 aromatic carbocycles. The number of nitrogens with zero attached hydrogens (tertiary/aromatic N) is 1. The molecule has 0 saturated carbocycles. The van der Waals surface area contributed by atoms with Crippen LogP contribution >= 0.6 is 0 Å². The van der Waals surface area contributed by atoms with Crippen molar-refractivity contribution >= 4 is 0 Å². The minimum Gasteiger partial charge on any atom is -0.376 e. The number of rotatable bonds is 3. The summed E-state index contributed by atoms with van der Waals surface area (Å²) in [5.74, 6) is 0.950. The van der Waals surface area contributed by atoms with Crippen LogP contribution in [0.1, 0.15) is 26.2 Å². The Hall–Kier alpha value is -0.120. The molecular formula is C12H25N2O+. The minimum absolute atomic E-state index is 0.494. The summed E-state index contributed by atoms with van der Waals surface area (Å²) in [6, 6.07) is 0. The van der Waals surface area contributed by atoms with Crippen LogP contribution in [-0.4, -0.2) is 50.3 Å². The molecule has 2 aliphatic rings. The Morgan fingerprint density at radius 2 is 2.13 bits per heavy atom. The van der Waals surface area contributed by atoms with Crippen LogP contribution in [-0.2, 0) is 4.74 Å². The normalized spacial score (nSPS) is 30.6. The van der Waals surface area contributed by atoms with Gasteiger partial charge in [-0.2, -0.15) is 0 Å². The zero-order valence-electron chi connectivity index (χ0n) is 9.95. The predicted octanol–water partition coefficient (Wildman–Crippen LogP) is 0.0706. The van der Waals surface area contributed by atoms with Gasteiger partial charge in [0.1, 0.15) is 0 Å². The summed E-state index contributed by atoms with van der Waals surface area (Å²) in [6.07, 6.45) is 4.48. The molecule has 2 rings (SSSR count). The zero-order valence-corrected chi connectivity index (χ0v) is 9.95. The fourth-order valence-corrected chi connectivity index (χ4v) is 2.74. The average Bonchev–Trinajstić information content (AvgIpc) is 2.31. The maximum absolute atomic E-state index is 5.70. The summed E-state index contributed by atoms with van der Waals surface area (Å²) in [5.41, 5.74) is 0. The number of ether oxygens (including phenoxy) is 1. The number of hydrogen-bond acceptors (Lipinski definition) is 2. The standard InChI is InChI=1S/C12H24N2O/c1-2-12-10-14(7-8-15-12)9-11-3-5-13-6-4-11/h11-13H,2-10H2,1H3/p+1. The van der Waals surface area contributed by atoms with E-state index in [1.807, 2.05) is 0 Å². The molecule has 1 unspecified atom stereocenters. The largest absolute Gasteiger partial charge is 0.376 e. The number of piperidine rings is 1. The molecule has 2 heterocycles. The van der Waals surface area contributed by atoms with Crippen molar-refractivity contribution in [1.82, 2.24) is 4.90 Å². The summed E-state index contributed by atoms with van der Waals surface area (Å²) in [6.45, 7) is 9.47. The Morgan fingerprint density at radius 1 is 1.33 bits per heavy atom. The molecule has 2 fully saturated rings. The third-order valence-corrected chi connectivity index (χ3v) is 3.75. The first-order chi connectivity index (χ1) is 7.38. The quantitative estimate of drug-likeness (QED) is 0.719. The van der Waals surface area contributed by atoms with E-state index >= 15 is 0 Å². The molecule has 0 aromatic heterocycles.